The van der Waals surface area contributed by atoms with E-state index < -0.39 is 22.7 Å². The summed E-state index contributed by atoms with van der Waals surface area (Å²) in [5.41, 5.74) is 5.91. The molecule has 2 amide bonds. The molecule has 0 aromatic heterocycles. The van der Waals surface area contributed by atoms with Crippen LogP contribution >= 0.6 is 0 Å². The van der Waals surface area contributed by atoms with Crippen molar-refractivity contribution >= 4 is 28.6 Å². The second kappa shape index (κ2) is 18.3. The largest absolute Gasteiger partial charge is 0.465 e. The van der Waals surface area contributed by atoms with Gasteiger partial charge in [-0.1, -0.05) is 84.0 Å². The second-order valence-electron chi connectivity index (χ2n) is 15.1. The fourth-order valence-corrected chi connectivity index (χ4v) is 6.01. The Morgan fingerprint density at radius 1 is 0.702 bits per heavy atom. The minimum atomic E-state index is -1.93. The number of ether oxygens (including phenoxy) is 2. The van der Waals surface area contributed by atoms with Gasteiger partial charge in [0.1, 0.15) is 6.61 Å². The average molecular weight is 689 g/mol. The first kappa shape index (κ1) is 40.6. The highest BCUT2D eigenvalue weighted by Gasteiger charge is 2.38. The third-order valence-electron chi connectivity index (χ3n) is 9.37. The minimum absolute atomic E-state index is 0.0469. The highest BCUT2D eigenvalue weighted by molar-refractivity contribution is 6.74. The first-order chi connectivity index (χ1) is 21.8. The van der Waals surface area contributed by atoms with Gasteiger partial charge < -0.3 is 34.1 Å². The van der Waals surface area contributed by atoms with E-state index in [0.29, 0.717) is 19.8 Å². The smallest absolute Gasteiger partial charge is 0.404 e. The number of amides is 2. The van der Waals surface area contributed by atoms with Crippen LogP contribution in [0.3, 0.4) is 0 Å². The van der Waals surface area contributed by atoms with Gasteiger partial charge in [-0.15, -0.1) is 0 Å². The molecule has 0 aliphatic rings. The number of hydrogen-bond donors (Lipinski definition) is 3. The van der Waals surface area contributed by atoms with Crippen molar-refractivity contribution in [2.45, 2.75) is 104 Å². The third-order valence-corrected chi connectivity index (χ3v) is 18.3. The SMILES string of the molecule is CC(C)(C)[Si](C)(C)OCc1ccc(-c2ccc(CO[Si](C)(C)C(C)(C)C)c(CCCNC(=O)COCCOCCNC(=O)O)c2)cc1. The Balaban J connectivity index is 2.00. The Labute approximate surface area is 285 Å². The molecule has 0 fully saturated rings. The summed E-state index contributed by atoms with van der Waals surface area (Å²) in [5, 5.41) is 14.0. The van der Waals surface area contributed by atoms with Crippen molar-refractivity contribution < 1.29 is 33.0 Å². The van der Waals surface area contributed by atoms with Crippen LogP contribution in [0, 0.1) is 0 Å². The summed E-state index contributed by atoms with van der Waals surface area (Å²) in [6.45, 7) is 25.4. The Hall–Kier alpha value is -2.55. The van der Waals surface area contributed by atoms with E-state index >= 15 is 0 Å². The predicted octanol–water partition coefficient (Wildman–Crippen LogP) is 7.75. The van der Waals surface area contributed by atoms with Crippen LogP contribution in [0.2, 0.25) is 36.3 Å². The molecule has 2 aromatic rings. The maximum atomic E-state index is 12.3. The third kappa shape index (κ3) is 14.2. The zero-order valence-corrected chi connectivity index (χ0v) is 32.5. The molecule has 0 saturated carbocycles. The molecule has 9 nitrogen and oxygen atoms in total. The van der Waals surface area contributed by atoms with Crippen LogP contribution in [0.1, 0.15) is 64.7 Å². The lowest BCUT2D eigenvalue weighted by Crippen LogP contribution is -2.40. The van der Waals surface area contributed by atoms with E-state index in [-0.39, 0.29) is 49.0 Å². The van der Waals surface area contributed by atoms with Gasteiger partial charge in [-0.05, 0) is 76.9 Å². The molecule has 0 unspecified atom stereocenters. The van der Waals surface area contributed by atoms with Crippen molar-refractivity contribution in [3.05, 3.63) is 59.2 Å². The standard InChI is InChI=1S/C36H60N2O7Si2/c1-35(2,3)46(7,8)44-25-28-13-15-29(16-14-28)31-17-18-32(26-45-47(9,10)36(4,5)6)30(24-31)12-11-19-37-33(39)27-43-23-22-42-21-20-38-34(40)41/h13-18,24,38H,11-12,19-23,25-27H2,1-10H3,(H,37,39)(H,40,41). The number of aryl methyl sites for hydroxylation is 1. The first-order valence-corrected chi connectivity index (χ1v) is 22.5. The van der Waals surface area contributed by atoms with Crippen molar-refractivity contribution in [2.24, 2.45) is 0 Å². The number of hydrogen-bond acceptors (Lipinski definition) is 6. The highest BCUT2D eigenvalue weighted by Crippen LogP contribution is 2.38. The monoisotopic (exact) mass is 688 g/mol. The lowest BCUT2D eigenvalue weighted by molar-refractivity contribution is -0.126. The maximum absolute atomic E-state index is 12.3. The minimum Gasteiger partial charge on any atom is -0.465 e. The molecule has 3 N–H and O–H groups in total. The van der Waals surface area contributed by atoms with Gasteiger partial charge in [0, 0.05) is 13.1 Å². The molecule has 0 radical (unpaired) electrons. The zero-order valence-electron chi connectivity index (χ0n) is 30.5. The van der Waals surface area contributed by atoms with Gasteiger partial charge in [0.25, 0.3) is 0 Å². The number of rotatable bonds is 19. The number of nitrogens with one attached hydrogen (secondary N) is 2. The molecular formula is C36H60N2O7Si2. The van der Waals surface area contributed by atoms with E-state index in [9.17, 15) is 9.59 Å². The summed E-state index contributed by atoms with van der Waals surface area (Å²) in [7, 11) is -3.74. The fourth-order valence-electron chi connectivity index (χ4n) is 4.10. The zero-order chi connectivity index (χ0) is 35.3. The van der Waals surface area contributed by atoms with Crippen LogP contribution in [0.25, 0.3) is 11.1 Å². The lowest BCUT2D eigenvalue weighted by atomic mass is 9.96. The Morgan fingerprint density at radius 2 is 1.28 bits per heavy atom. The summed E-state index contributed by atoms with van der Waals surface area (Å²) in [5.74, 6) is -0.176. The molecule has 0 heterocycles. The maximum Gasteiger partial charge on any atom is 0.404 e. The van der Waals surface area contributed by atoms with Crippen LogP contribution in [-0.2, 0) is 42.8 Å². The van der Waals surface area contributed by atoms with Crippen LogP contribution in [0.5, 0.6) is 0 Å². The Bertz CT molecular complexity index is 1270. The van der Waals surface area contributed by atoms with Crippen molar-refractivity contribution in [3.63, 3.8) is 0 Å². The van der Waals surface area contributed by atoms with E-state index in [2.05, 4.69) is 121 Å². The van der Waals surface area contributed by atoms with Crippen LogP contribution in [0.15, 0.2) is 42.5 Å². The van der Waals surface area contributed by atoms with Gasteiger partial charge in [0.05, 0.1) is 33.0 Å². The van der Waals surface area contributed by atoms with E-state index in [0.717, 1.165) is 24.0 Å². The summed E-state index contributed by atoms with van der Waals surface area (Å²) < 4.78 is 23.7. The number of carbonyl (C=O) groups is 2. The highest BCUT2D eigenvalue weighted by atomic mass is 28.4. The normalized spacial score (nSPS) is 12.6. The van der Waals surface area contributed by atoms with Crippen molar-refractivity contribution in [1.82, 2.24) is 10.6 Å². The van der Waals surface area contributed by atoms with E-state index in [1.807, 2.05) is 0 Å². The molecule has 0 saturated heterocycles. The number of carboxylic acid groups (broad SMARTS) is 1. The van der Waals surface area contributed by atoms with Crippen LogP contribution in [0.4, 0.5) is 4.79 Å². The molecule has 2 rings (SSSR count). The number of benzene rings is 2. The van der Waals surface area contributed by atoms with Crippen molar-refractivity contribution in [1.29, 1.82) is 0 Å². The topological polar surface area (TPSA) is 115 Å². The molecule has 0 bridgehead atoms. The van der Waals surface area contributed by atoms with Crippen LogP contribution in [-0.4, -0.2) is 73.3 Å². The van der Waals surface area contributed by atoms with Gasteiger partial charge in [0.15, 0.2) is 16.6 Å². The van der Waals surface area contributed by atoms with Gasteiger partial charge in [-0.2, -0.15) is 0 Å². The number of carbonyl (C=O) groups excluding carboxylic acids is 1. The van der Waals surface area contributed by atoms with E-state index in [1.54, 1.807) is 0 Å². The molecule has 47 heavy (non-hydrogen) atoms. The molecule has 0 spiro atoms. The van der Waals surface area contributed by atoms with Gasteiger partial charge >= 0.3 is 6.09 Å². The lowest BCUT2D eigenvalue weighted by Gasteiger charge is -2.36. The summed E-state index contributed by atoms with van der Waals surface area (Å²) >= 11 is 0. The summed E-state index contributed by atoms with van der Waals surface area (Å²) in [6.07, 6.45) is 0.506. The molecule has 0 atom stereocenters. The molecular weight excluding hydrogens is 629 g/mol. The summed E-state index contributed by atoms with van der Waals surface area (Å²) in [6, 6.07) is 15.3. The van der Waals surface area contributed by atoms with Crippen molar-refractivity contribution in [3.8, 4) is 11.1 Å². The molecule has 2 aromatic carbocycles. The Morgan fingerprint density at radius 3 is 1.87 bits per heavy atom. The second-order valence-corrected chi connectivity index (χ2v) is 24.7. The predicted molar refractivity (Wildman–Crippen MR) is 195 cm³/mol. The van der Waals surface area contributed by atoms with Gasteiger partial charge in [-0.25, -0.2) is 4.79 Å². The van der Waals surface area contributed by atoms with Gasteiger partial charge in [-0.3, -0.25) is 4.79 Å². The fraction of sp³-hybridized carbons (Fsp3) is 0.611. The molecule has 11 heteroatoms. The van der Waals surface area contributed by atoms with E-state index in [1.165, 1.54) is 16.7 Å². The van der Waals surface area contributed by atoms with Crippen LogP contribution < -0.4 is 10.6 Å². The van der Waals surface area contributed by atoms with Gasteiger partial charge in [0.2, 0.25) is 5.91 Å². The van der Waals surface area contributed by atoms with Crippen molar-refractivity contribution in [2.75, 3.05) is 39.5 Å². The molecule has 264 valence electrons. The average Bonchev–Trinajstić information content (AvgIpc) is 2.98. The molecule has 0 aliphatic carbocycles. The first-order valence-electron chi connectivity index (χ1n) is 16.7. The quantitative estimate of drug-likeness (QED) is 0.102. The summed E-state index contributed by atoms with van der Waals surface area (Å²) in [4.78, 5) is 22.7. The molecule has 0 aliphatic heterocycles. The Kier molecular flexibility index (Phi) is 15.8. The van der Waals surface area contributed by atoms with E-state index in [4.69, 9.17) is 23.4 Å².